The average molecular weight is 252 g/mol. The molecule has 1 aliphatic carbocycles. The van der Waals surface area contributed by atoms with Gasteiger partial charge in [0, 0.05) is 18.3 Å². The van der Waals surface area contributed by atoms with Crippen molar-refractivity contribution in [1.82, 2.24) is 0 Å². The van der Waals surface area contributed by atoms with Crippen molar-refractivity contribution < 1.29 is 0 Å². The molecule has 1 saturated carbocycles. The summed E-state index contributed by atoms with van der Waals surface area (Å²) in [4.78, 5) is 0. The molecule has 98 valence electrons. The van der Waals surface area contributed by atoms with Crippen molar-refractivity contribution in [3.05, 3.63) is 65.7 Å². The van der Waals surface area contributed by atoms with Crippen LogP contribution in [-0.2, 0) is 6.54 Å². The van der Waals surface area contributed by atoms with Crippen molar-refractivity contribution in [1.29, 1.82) is 0 Å². The highest BCUT2D eigenvalue weighted by atomic mass is 14.9. The zero-order valence-corrected chi connectivity index (χ0v) is 11.0. The van der Waals surface area contributed by atoms with Gasteiger partial charge in [-0.25, -0.2) is 0 Å². The summed E-state index contributed by atoms with van der Waals surface area (Å²) in [6, 6.07) is 19.2. The number of benzene rings is 2. The number of rotatable bonds is 5. The minimum atomic E-state index is 0.225. The standard InChI is InChI=1S/C17H20N2/c18-17(14-6-7-14)15-8-10-16(11-9-15)19-12-13-4-2-1-3-5-13/h1-5,8-11,14,17,19H,6-7,12,18H2/t17-/m1/s1. The Hall–Kier alpha value is -1.80. The fraction of sp³-hybridized carbons (Fsp3) is 0.294. The van der Waals surface area contributed by atoms with Crippen LogP contribution in [0.4, 0.5) is 5.69 Å². The van der Waals surface area contributed by atoms with Crippen LogP contribution in [0.1, 0.15) is 30.0 Å². The number of nitrogens with one attached hydrogen (secondary N) is 1. The molecular formula is C17H20N2. The maximum atomic E-state index is 6.19. The molecule has 0 saturated heterocycles. The fourth-order valence-corrected chi connectivity index (χ4v) is 2.35. The summed E-state index contributed by atoms with van der Waals surface area (Å²) in [5, 5.41) is 3.43. The van der Waals surface area contributed by atoms with Crippen LogP contribution >= 0.6 is 0 Å². The lowest BCUT2D eigenvalue weighted by atomic mass is 10.0. The van der Waals surface area contributed by atoms with Crippen LogP contribution < -0.4 is 11.1 Å². The summed E-state index contributed by atoms with van der Waals surface area (Å²) < 4.78 is 0. The number of nitrogens with two attached hydrogens (primary N) is 1. The molecule has 2 nitrogen and oxygen atoms in total. The highest BCUT2D eigenvalue weighted by Gasteiger charge is 2.29. The molecule has 0 unspecified atom stereocenters. The monoisotopic (exact) mass is 252 g/mol. The molecule has 3 N–H and O–H groups in total. The molecule has 3 rings (SSSR count). The van der Waals surface area contributed by atoms with E-state index in [1.165, 1.54) is 24.0 Å². The van der Waals surface area contributed by atoms with E-state index >= 15 is 0 Å². The van der Waals surface area contributed by atoms with Crippen molar-refractivity contribution in [2.75, 3.05) is 5.32 Å². The second-order valence-corrected chi connectivity index (χ2v) is 5.32. The Bertz CT molecular complexity index is 515. The Balaban J connectivity index is 1.59. The maximum absolute atomic E-state index is 6.19. The molecule has 1 atom stereocenters. The van der Waals surface area contributed by atoms with Gasteiger partial charge >= 0.3 is 0 Å². The van der Waals surface area contributed by atoms with E-state index in [9.17, 15) is 0 Å². The van der Waals surface area contributed by atoms with Crippen LogP contribution in [0.15, 0.2) is 54.6 Å². The predicted molar refractivity (Wildman–Crippen MR) is 79.9 cm³/mol. The van der Waals surface area contributed by atoms with Gasteiger partial charge in [0.25, 0.3) is 0 Å². The molecule has 1 fully saturated rings. The van der Waals surface area contributed by atoms with Gasteiger partial charge in [0.15, 0.2) is 0 Å². The fourth-order valence-electron chi connectivity index (χ4n) is 2.35. The van der Waals surface area contributed by atoms with E-state index in [1.54, 1.807) is 0 Å². The Kier molecular flexibility index (Phi) is 3.51. The average Bonchev–Trinajstić information content (AvgIpc) is 3.31. The zero-order valence-electron chi connectivity index (χ0n) is 11.0. The maximum Gasteiger partial charge on any atom is 0.0400 e. The van der Waals surface area contributed by atoms with E-state index in [2.05, 4.69) is 53.8 Å². The van der Waals surface area contributed by atoms with Crippen LogP contribution in [-0.4, -0.2) is 0 Å². The summed E-state index contributed by atoms with van der Waals surface area (Å²) in [6.45, 7) is 0.856. The summed E-state index contributed by atoms with van der Waals surface area (Å²) >= 11 is 0. The van der Waals surface area contributed by atoms with Crippen LogP contribution in [0.25, 0.3) is 0 Å². The minimum Gasteiger partial charge on any atom is -0.381 e. The molecular weight excluding hydrogens is 232 g/mol. The highest BCUT2D eigenvalue weighted by molar-refractivity contribution is 5.45. The quantitative estimate of drug-likeness (QED) is 0.851. The normalized spacial score (nSPS) is 16.1. The molecule has 0 aromatic heterocycles. The highest BCUT2D eigenvalue weighted by Crippen LogP contribution is 2.39. The van der Waals surface area contributed by atoms with Gasteiger partial charge in [0.2, 0.25) is 0 Å². The minimum absolute atomic E-state index is 0.225. The lowest BCUT2D eigenvalue weighted by molar-refractivity contribution is 0.633. The van der Waals surface area contributed by atoms with Gasteiger partial charge in [-0.1, -0.05) is 42.5 Å². The van der Waals surface area contributed by atoms with Gasteiger partial charge in [-0.15, -0.1) is 0 Å². The molecule has 2 aromatic rings. The van der Waals surface area contributed by atoms with Gasteiger partial charge in [-0.2, -0.15) is 0 Å². The van der Waals surface area contributed by atoms with Crippen molar-refractivity contribution in [3.63, 3.8) is 0 Å². The number of anilines is 1. The summed E-state index contributed by atoms with van der Waals surface area (Å²) in [5.41, 5.74) is 9.89. The third kappa shape index (κ3) is 3.15. The summed E-state index contributed by atoms with van der Waals surface area (Å²) in [5.74, 6) is 0.711. The van der Waals surface area contributed by atoms with Gasteiger partial charge < -0.3 is 11.1 Å². The lowest BCUT2D eigenvalue weighted by Gasteiger charge is -2.12. The smallest absolute Gasteiger partial charge is 0.0400 e. The molecule has 0 bridgehead atoms. The third-order valence-electron chi connectivity index (χ3n) is 3.76. The molecule has 2 heteroatoms. The first kappa shape index (κ1) is 12.2. The SMILES string of the molecule is N[C@@H](c1ccc(NCc2ccccc2)cc1)C1CC1. The molecule has 0 spiro atoms. The van der Waals surface area contributed by atoms with Crippen molar-refractivity contribution in [2.24, 2.45) is 11.7 Å². The lowest BCUT2D eigenvalue weighted by Crippen LogP contribution is -2.12. The summed E-state index contributed by atoms with van der Waals surface area (Å²) in [6.07, 6.45) is 2.57. The van der Waals surface area contributed by atoms with Crippen LogP contribution in [0.3, 0.4) is 0 Å². The first-order valence-electron chi connectivity index (χ1n) is 6.96. The van der Waals surface area contributed by atoms with Crippen LogP contribution in [0, 0.1) is 5.92 Å². The van der Waals surface area contributed by atoms with E-state index in [-0.39, 0.29) is 6.04 Å². The molecule has 0 aliphatic heterocycles. The Labute approximate surface area is 114 Å². The molecule has 0 heterocycles. The van der Waals surface area contributed by atoms with E-state index in [0.717, 1.165) is 12.2 Å². The number of hydrogen-bond donors (Lipinski definition) is 2. The van der Waals surface area contributed by atoms with Crippen molar-refractivity contribution in [2.45, 2.75) is 25.4 Å². The van der Waals surface area contributed by atoms with Gasteiger partial charge in [0.1, 0.15) is 0 Å². The van der Waals surface area contributed by atoms with Gasteiger partial charge in [-0.05, 0) is 42.0 Å². The Morgan fingerprint density at radius 1 is 1.00 bits per heavy atom. The van der Waals surface area contributed by atoms with E-state index in [1.807, 2.05) is 6.07 Å². The first-order valence-corrected chi connectivity index (χ1v) is 6.96. The number of hydrogen-bond acceptors (Lipinski definition) is 2. The van der Waals surface area contributed by atoms with Crippen molar-refractivity contribution >= 4 is 5.69 Å². The Morgan fingerprint density at radius 2 is 1.68 bits per heavy atom. The second-order valence-electron chi connectivity index (χ2n) is 5.32. The molecule has 0 amide bonds. The largest absolute Gasteiger partial charge is 0.381 e. The van der Waals surface area contributed by atoms with Crippen molar-refractivity contribution in [3.8, 4) is 0 Å². The van der Waals surface area contributed by atoms with Crippen LogP contribution in [0.2, 0.25) is 0 Å². The topological polar surface area (TPSA) is 38.0 Å². The van der Waals surface area contributed by atoms with E-state index in [0.29, 0.717) is 5.92 Å². The zero-order chi connectivity index (χ0) is 13.1. The van der Waals surface area contributed by atoms with Gasteiger partial charge in [0.05, 0.1) is 0 Å². The molecule has 0 radical (unpaired) electrons. The van der Waals surface area contributed by atoms with E-state index < -0.39 is 0 Å². The molecule has 1 aliphatic rings. The van der Waals surface area contributed by atoms with E-state index in [4.69, 9.17) is 5.73 Å². The van der Waals surface area contributed by atoms with Crippen LogP contribution in [0.5, 0.6) is 0 Å². The first-order chi connectivity index (χ1) is 9.33. The Morgan fingerprint density at radius 3 is 2.32 bits per heavy atom. The third-order valence-corrected chi connectivity index (χ3v) is 3.76. The molecule has 2 aromatic carbocycles. The molecule has 19 heavy (non-hydrogen) atoms. The van der Waals surface area contributed by atoms with Gasteiger partial charge in [-0.3, -0.25) is 0 Å². The summed E-state index contributed by atoms with van der Waals surface area (Å²) in [7, 11) is 0. The predicted octanol–water partition coefficient (Wildman–Crippen LogP) is 3.71. The second kappa shape index (κ2) is 5.45.